The van der Waals surface area contributed by atoms with Gasteiger partial charge in [-0.3, -0.25) is 14.5 Å². The number of rotatable bonds is 6. The molecule has 24 heavy (non-hydrogen) atoms. The zero-order valence-corrected chi connectivity index (χ0v) is 15.8. The van der Waals surface area contributed by atoms with Crippen molar-refractivity contribution in [3.63, 3.8) is 0 Å². The molecule has 136 valence electrons. The first-order chi connectivity index (χ1) is 11.1. The van der Waals surface area contributed by atoms with Crippen molar-refractivity contribution in [1.29, 1.82) is 0 Å². The second kappa shape index (κ2) is 7.36. The Bertz CT molecular complexity index is 523. The summed E-state index contributed by atoms with van der Waals surface area (Å²) >= 11 is 0. The minimum Gasteiger partial charge on any atom is -0.272 e. The molecule has 0 spiro atoms. The Kier molecular flexibility index (Phi) is 5.87. The summed E-state index contributed by atoms with van der Waals surface area (Å²) < 4.78 is 0. The maximum absolute atomic E-state index is 12.0. The second-order valence-corrected chi connectivity index (χ2v) is 8.36. The maximum atomic E-state index is 12.0. The molecule has 2 aliphatic rings. The molecule has 0 aromatic carbocycles. The highest BCUT2D eigenvalue weighted by Crippen LogP contribution is 2.36. The Morgan fingerprint density at radius 2 is 1.96 bits per heavy atom. The van der Waals surface area contributed by atoms with Gasteiger partial charge >= 0.3 is 0 Å². The summed E-state index contributed by atoms with van der Waals surface area (Å²) in [4.78, 5) is 36.7. The van der Waals surface area contributed by atoms with Crippen LogP contribution in [0.25, 0.3) is 0 Å². The fourth-order valence-corrected chi connectivity index (χ4v) is 3.61. The van der Waals surface area contributed by atoms with Crippen molar-refractivity contribution in [3.05, 3.63) is 11.6 Å². The quantitative estimate of drug-likeness (QED) is 0.423. The van der Waals surface area contributed by atoms with Crippen LogP contribution in [0.3, 0.4) is 0 Å². The van der Waals surface area contributed by atoms with Crippen LogP contribution in [-0.4, -0.2) is 35.0 Å². The molecule has 1 saturated carbocycles. The van der Waals surface area contributed by atoms with Crippen LogP contribution in [0.5, 0.6) is 0 Å². The van der Waals surface area contributed by atoms with Gasteiger partial charge in [0.2, 0.25) is 0 Å². The molecule has 1 aliphatic heterocycles. The number of amides is 2. The van der Waals surface area contributed by atoms with Gasteiger partial charge in [-0.15, -0.1) is 0 Å². The lowest BCUT2D eigenvalue weighted by Gasteiger charge is -2.38. The van der Waals surface area contributed by atoms with Gasteiger partial charge in [-0.2, -0.15) is 0 Å². The van der Waals surface area contributed by atoms with E-state index in [0.29, 0.717) is 23.3 Å². The van der Waals surface area contributed by atoms with Crippen LogP contribution in [0.1, 0.15) is 60.8 Å². The number of hydrogen-bond acceptors (Lipinski definition) is 4. The van der Waals surface area contributed by atoms with E-state index in [4.69, 9.17) is 9.78 Å². The molecular weight excluding hydrogens is 306 g/mol. The molecule has 5 nitrogen and oxygen atoms in total. The van der Waals surface area contributed by atoms with Gasteiger partial charge in [-0.1, -0.05) is 27.2 Å². The fourth-order valence-electron chi connectivity index (χ4n) is 3.61. The Morgan fingerprint density at radius 3 is 2.50 bits per heavy atom. The minimum atomic E-state index is -0.744. The van der Waals surface area contributed by atoms with E-state index in [9.17, 15) is 9.59 Å². The first-order valence-corrected chi connectivity index (χ1v) is 8.99. The highest BCUT2D eigenvalue weighted by Gasteiger charge is 2.37. The molecule has 0 aromatic heterocycles. The van der Waals surface area contributed by atoms with Crippen molar-refractivity contribution in [3.8, 4) is 0 Å². The largest absolute Gasteiger partial charge is 0.272 e. The summed E-state index contributed by atoms with van der Waals surface area (Å²) in [6, 6.07) is 0. The predicted octanol–water partition coefficient (Wildman–Crippen LogP) is 3.49. The third kappa shape index (κ3) is 4.45. The molecule has 1 aliphatic carbocycles. The molecule has 0 bridgehead atoms. The van der Waals surface area contributed by atoms with E-state index in [-0.39, 0.29) is 24.5 Å². The third-order valence-electron chi connectivity index (χ3n) is 5.09. The molecule has 2 amide bonds. The summed E-state index contributed by atoms with van der Waals surface area (Å²) in [6.07, 6.45) is 4.81. The first kappa shape index (κ1) is 19.1. The molecule has 1 heterocycles. The van der Waals surface area contributed by atoms with Crippen molar-refractivity contribution >= 4 is 11.8 Å². The van der Waals surface area contributed by atoms with Gasteiger partial charge in [-0.25, -0.2) is 9.78 Å². The number of hydrogen-bond donors (Lipinski definition) is 0. The van der Waals surface area contributed by atoms with Crippen molar-refractivity contribution in [1.82, 2.24) is 4.90 Å². The molecule has 0 aromatic rings. The van der Waals surface area contributed by atoms with E-state index in [1.807, 2.05) is 13.8 Å². The van der Waals surface area contributed by atoms with Gasteiger partial charge in [0.1, 0.15) is 5.60 Å². The van der Waals surface area contributed by atoms with Crippen LogP contribution in [0.2, 0.25) is 0 Å². The van der Waals surface area contributed by atoms with Crippen LogP contribution in [0, 0.1) is 17.8 Å². The SMILES string of the molecule is CC1=CC(=O)N(CC(C)(C)OOC2CC(C)CCC2C(C)C)C1=O. The monoisotopic (exact) mass is 337 g/mol. The van der Waals surface area contributed by atoms with Crippen LogP contribution in [0.15, 0.2) is 11.6 Å². The number of nitrogens with zero attached hydrogens (tertiary/aromatic N) is 1. The summed E-state index contributed by atoms with van der Waals surface area (Å²) in [5, 5.41) is 0. The summed E-state index contributed by atoms with van der Waals surface area (Å²) in [5.74, 6) is 1.13. The predicted molar refractivity (Wildman–Crippen MR) is 91.9 cm³/mol. The van der Waals surface area contributed by atoms with Crippen molar-refractivity contribution in [2.45, 2.75) is 72.5 Å². The lowest BCUT2D eigenvalue weighted by atomic mass is 9.75. The van der Waals surface area contributed by atoms with Crippen LogP contribution in [-0.2, 0) is 19.4 Å². The lowest BCUT2D eigenvalue weighted by Crippen LogP contribution is -2.45. The second-order valence-electron chi connectivity index (χ2n) is 8.36. The Labute approximate surface area is 145 Å². The van der Waals surface area contributed by atoms with Crippen LogP contribution >= 0.6 is 0 Å². The zero-order valence-electron chi connectivity index (χ0n) is 15.8. The summed E-state index contributed by atoms with van der Waals surface area (Å²) in [6.45, 7) is 12.2. The molecule has 0 radical (unpaired) electrons. The average molecular weight is 337 g/mol. The van der Waals surface area contributed by atoms with E-state index >= 15 is 0 Å². The minimum absolute atomic E-state index is 0.0675. The third-order valence-corrected chi connectivity index (χ3v) is 5.09. The average Bonchev–Trinajstić information content (AvgIpc) is 2.71. The lowest BCUT2D eigenvalue weighted by molar-refractivity contribution is -0.390. The standard InChI is InChI=1S/C19H31NO4/c1-12(2)15-8-7-13(3)9-16(15)23-24-19(5,6)11-20-17(21)10-14(4)18(20)22/h10,12-13,15-16H,7-9,11H2,1-6H3. The Hall–Kier alpha value is -1.20. The smallest absolute Gasteiger partial charge is 0.256 e. The van der Waals surface area contributed by atoms with E-state index in [0.717, 1.165) is 12.8 Å². The topological polar surface area (TPSA) is 55.8 Å². The van der Waals surface area contributed by atoms with Crippen LogP contribution < -0.4 is 0 Å². The molecule has 0 saturated heterocycles. The summed E-state index contributed by atoms with van der Waals surface area (Å²) in [5.41, 5.74) is -0.274. The van der Waals surface area contributed by atoms with Gasteiger partial charge in [0.25, 0.3) is 11.8 Å². The first-order valence-electron chi connectivity index (χ1n) is 8.99. The van der Waals surface area contributed by atoms with Crippen molar-refractivity contribution in [2.75, 3.05) is 6.54 Å². The zero-order chi connectivity index (χ0) is 18.1. The molecule has 0 N–H and O–H groups in total. The number of imide groups is 1. The fraction of sp³-hybridized carbons (Fsp3) is 0.789. The molecular formula is C19H31NO4. The van der Waals surface area contributed by atoms with Crippen molar-refractivity contribution in [2.24, 2.45) is 17.8 Å². The van der Waals surface area contributed by atoms with Gasteiger partial charge in [0.05, 0.1) is 12.6 Å². The number of carbonyl (C=O) groups excluding carboxylic acids is 2. The van der Waals surface area contributed by atoms with E-state index in [1.54, 1.807) is 6.92 Å². The number of carbonyl (C=O) groups is 2. The van der Waals surface area contributed by atoms with Gasteiger partial charge in [-0.05, 0) is 51.4 Å². The van der Waals surface area contributed by atoms with E-state index in [2.05, 4.69) is 20.8 Å². The highest BCUT2D eigenvalue weighted by atomic mass is 17.2. The highest BCUT2D eigenvalue weighted by molar-refractivity contribution is 6.15. The van der Waals surface area contributed by atoms with Crippen molar-refractivity contribution < 1.29 is 19.4 Å². The van der Waals surface area contributed by atoms with Crippen LogP contribution in [0.4, 0.5) is 0 Å². The molecule has 1 fully saturated rings. The van der Waals surface area contributed by atoms with Gasteiger partial charge in [0.15, 0.2) is 0 Å². The Morgan fingerprint density at radius 1 is 1.29 bits per heavy atom. The Balaban J connectivity index is 1.94. The summed E-state index contributed by atoms with van der Waals surface area (Å²) in [7, 11) is 0. The maximum Gasteiger partial charge on any atom is 0.256 e. The molecule has 3 unspecified atom stereocenters. The van der Waals surface area contributed by atoms with Gasteiger partial charge < -0.3 is 0 Å². The molecule has 5 heteroatoms. The van der Waals surface area contributed by atoms with Gasteiger partial charge in [0, 0.05) is 11.6 Å². The van der Waals surface area contributed by atoms with E-state index < -0.39 is 5.60 Å². The normalized spacial score (nSPS) is 28.7. The van der Waals surface area contributed by atoms with E-state index in [1.165, 1.54) is 17.4 Å². The molecule has 2 rings (SSSR count). The molecule has 3 atom stereocenters.